The first-order valence-electron chi connectivity index (χ1n) is 4.32. The minimum Gasteiger partial charge on any atom is -0.345 e. The molecule has 0 radical (unpaired) electrons. The molecule has 1 N–H and O–H groups in total. The van der Waals surface area contributed by atoms with Crippen LogP contribution in [0.3, 0.4) is 0 Å². The maximum Gasteiger partial charge on any atom is 0.190 e. The van der Waals surface area contributed by atoms with Crippen LogP contribution in [0, 0.1) is 11.3 Å². The molecule has 0 amide bonds. The summed E-state index contributed by atoms with van der Waals surface area (Å²) in [6.45, 7) is 3.07. The maximum absolute atomic E-state index is 11.7. The van der Waals surface area contributed by atoms with E-state index in [1.54, 1.807) is 6.07 Å². The van der Waals surface area contributed by atoms with Crippen molar-refractivity contribution in [3.05, 3.63) is 23.1 Å². The van der Waals surface area contributed by atoms with Crippen molar-refractivity contribution in [3.8, 4) is 6.07 Å². The predicted octanol–water partition coefficient (Wildman–Crippen LogP) is 1.10. The molecule has 0 saturated carbocycles. The molecule has 0 aliphatic carbocycles. The van der Waals surface area contributed by atoms with Gasteiger partial charge in [-0.1, -0.05) is 0 Å². The molecule has 5 nitrogen and oxygen atoms in total. The number of imidazole rings is 1. The van der Waals surface area contributed by atoms with Crippen LogP contribution >= 0.6 is 0 Å². The van der Waals surface area contributed by atoms with E-state index in [-0.39, 0.29) is 4.91 Å². The second-order valence-corrected chi connectivity index (χ2v) is 5.69. The first-order chi connectivity index (χ1) is 6.98. The van der Waals surface area contributed by atoms with E-state index in [2.05, 4.69) is 9.97 Å². The predicted molar refractivity (Wildman–Crippen MR) is 56.2 cm³/mol. The third-order valence-electron chi connectivity index (χ3n) is 1.84. The first kappa shape index (κ1) is 11.5. The van der Waals surface area contributed by atoms with Gasteiger partial charge in [-0.3, -0.25) is 0 Å². The van der Waals surface area contributed by atoms with Gasteiger partial charge in [0.05, 0.1) is 23.5 Å². The summed E-state index contributed by atoms with van der Waals surface area (Å²) in [5.74, 6) is 0. The van der Waals surface area contributed by atoms with Gasteiger partial charge in [0, 0.05) is 0 Å². The molecule has 0 bridgehead atoms. The SMILES string of the molecule is CC(C)S(=O)(=O)/C(C#N)=C/c1cnc[nH]1. The van der Waals surface area contributed by atoms with Crippen LogP contribution in [0.5, 0.6) is 0 Å². The topological polar surface area (TPSA) is 86.6 Å². The van der Waals surface area contributed by atoms with Crippen molar-refractivity contribution in [2.45, 2.75) is 19.1 Å². The molecule has 0 unspecified atom stereocenters. The average molecular weight is 225 g/mol. The van der Waals surface area contributed by atoms with E-state index in [1.807, 2.05) is 0 Å². The van der Waals surface area contributed by atoms with E-state index >= 15 is 0 Å². The van der Waals surface area contributed by atoms with Crippen LogP contribution in [-0.4, -0.2) is 23.6 Å². The van der Waals surface area contributed by atoms with Crippen molar-refractivity contribution in [3.63, 3.8) is 0 Å². The molecule has 1 aromatic rings. The van der Waals surface area contributed by atoms with Crippen LogP contribution in [0.1, 0.15) is 19.5 Å². The van der Waals surface area contributed by atoms with Gasteiger partial charge in [-0.15, -0.1) is 0 Å². The second kappa shape index (κ2) is 4.28. The number of nitrogens with zero attached hydrogens (tertiary/aromatic N) is 2. The largest absolute Gasteiger partial charge is 0.345 e. The van der Waals surface area contributed by atoms with E-state index in [0.29, 0.717) is 5.69 Å². The molecule has 0 atom stereocenters. The Bertz CT molecular complexity index is 492. The minimum atomic E-state index is -3.51. The highest BCUT2D eigenvalue weighted by Gasteiger charge is 2.22. The summed E-state index contributed by atoms with van der Waals surface area (Å²) < 4.78 is 23.3. The quantitative estimate of drug-likeness (QED) is 0.780. The van der Waals surface area contributed by atoms with E-state index in [9.17, 15) is 8.42 Å². The van der Waals surface area contributed by atoms with Crippen molar-refractivity contribution < 1.29 is 8.42 Å². The number of nitriles is 1. The van der Waals surface area contributed by atoms with E-state index < -0.39 is 15.1 Å². The van der Waals surface area contributed by atoms with Crippen LogP contribution in [0.4, 0.5) is 0 Å². The fraction of sp³-hybridized carbons (Fsp3) is 0.333. The fourth-order valence-electron chi connectivity index (χ4n) is 0.919. The molecule has 0 aliphatic rings. The summed E-state index contributed by atoms with van der Waals surface area (Å²) in [6.07, 6.45) is 4.15. The van der Waals surface area contributed by atoms with Gasteiger partial charge in [0.15, 0.2) is 9.84 Å². The van der Waals surface area contributed by atoms with Crippen molar-refractivity contribution in [2.24, 2.45) is 0 Å². The number of hydrogen-bond donors (Lipinski definition) is 1. The Labute approximate surface area is 88.4 Å². The van der Waals surface area contributed by atoms with Crippen LogP contribution in [0.25, 0.3) is 6.08 Å². The fourth-order valence-corrected chi connectivity index (χ4v) is 1.85. The number of rotatable bonds is 3. The Morgan fingerprint density at radius 1 is 1.67 bits per heavy atom. The van der Waals surface area contributed by atoms with E-state index in [4.69, 9.17) is 5.26 Å². The van der Waals surface area contributed by atoms with Crippen LogP contribution in [-0.2, 0) is 9.84 Å². The van der Waals surface area contributed by atoms with Gasteiger partial charge in [-0.2, -0.15) is 5.26 Å². The number of nitrogens with one attached hydrogen (secondary N) is 1. The first-order valence-corrected chi connectivity index (χ1v) is 5.87. The summed E-state index contributed by atoms with van der Waals surface area (Å²) in [7, 11) is -3.51. The second-order valence-electron chi connectivity index (χ2n) is 3.22. The normalized spacial score (nSPS) is 12.8. The lowest BCUT2D eigenvalue weighted by Crippen LogP contribution is -2.15. The third kappa shape index (κ3) is 2.44. The number of sulfone groups is 1. The summed E-state index contributed by atoms with van der Waals surface area (Å²) in [5.41, 5.74) is 0.496. The molecule has 1 aromatic heterocycles. The van der Waals surface area contributed by atoms with Crippen molar-refractivity contribution >= 4 is 15.9 Å². The summed E-state index contributed by atoms with van der Waals surface area (Å²) in [6, 6.07) is 1.69. The van der Waals surface area contributed by atoms with Gasteiger partial charge in [0.2, 0.25) is 0 Å². The Morgan fingerprint density at radius 3 is 2.73 bits per heavy atom. The molecule has 0 spiro atoms. The van der Waals surface area contributed by atoms with Crippen LogP contribution in [0.2, 0.25) is 0 Å². The third-order valence-corrected chi connectivity index (χ3v) is 3.91. The molecule has 0 aliphatic heterocycles. The lowest BCUT2D eigenvalue weighted by atomic mass is 10.4. The lowest BCUT2D eigenvalue weighted by molar-refractivity contribution is 0.595. The Hall–Kier alpha value is -1.61. The highest BCUT2D eigenvalue weighted by atomic mass is 32.2. The number of allylic oxidation sites excluding steroid dienone is 1. The maximum atomic E-state index is 11.7. The summed E-state index contributed by atoms with van der Waals surface area (Å²) in [5, 5.41) is 8.17. The molecule has 0 fully saturated rings. The number of aromatic nitrogens is 2. The zero-order chi connectivity index (χ0) is 11.5. The monoisotopic (exact) mass is 225 g/mol. The van der Waals surface area contributed by atoms with Gasteiger partial charge >= 0.3 is 0 Å². The Balaban J connectivity index is 3.18. The number of H-pyrrole nitrogens is 1. The molecule has 0 aromatic carbocycles. The van der Waals surface area contributed by atoms with Crippen LogP contribution in [0.15, 0.2) is 17.4 Å². The smallest absolute Gasteiger partial charge is 0.190 e. The molecule has 1 rings (SSSR count). The highest BCUT2D eigenvalue weighted by molar-refractivity contribution is 7.96. The molecule has 0 saturated heterocycles. The minimum absolute atomic E-state index is 0.248. The Morgan fingerprint density at radius 2 is 2.33 bits per heavy atom. The number of hydrogen-bond acceptors (Lipinski definition) is 4. The van der Waals surface area contributed by atoms with E-state index in [1.165, 1.54) is 32.4 Å². The average Bonchev–Trinajstić information content (AvgIpc) is 2.65. The van der Waals surface area contributed by atoms with Gasteiger partial charge in [-0.05, 0) is 19.9 Å². The molecule has 6 heteroatoms. The van der Waals surface area contributed by atoms with Crippen molar-refractivity contribution in [1.29, 1.82) is 5.26 Å². The molecular formula is C9H11N3O2S. The number of aromatic amines is 1. The van der Waals surface area contributed by atoms with Gasteiger partial charge in [0.1, 0.15) is 11.0 Å². The van der Waals surface area contributed by atoms with E-state index in [0.717, 1.165) is 0 Å². The lowest BCUT2D eigenvalue weighted by Gasteiger charge is -2.04. The Kier molecular flexibility index (Phi) is 3.27. The molecule has 15 heavy (non-hydrogen) atoms. The van der Waals surface area contributed by atoms with Crippen molar-refractivity contribution in [2.75, 3.05) is 0 Å². The van der Waals surface area contributed by atoms with Gasteiger partial charge in [-0.25, -0.2) is 13.4 Å². The zero-order valence-electron chi connectivity index (χ0n) is 8.43. The molecule has 1 heterocycles. The van der Waals surface area contributed by atoms with Gasteiger partial charge < -0.3 is 4.98 Å². The molecule has 80 valence electrons. The van der Waals surface area contributed by atoms with Gasteiger partial charge in [0.25, 0.3) is 0 Å². The van der Waals surface area contributed by atoms with Crippen LogP contribution < -0.4 is 0 Å². The van der Waals surface area contributed by atoms with Crippen molar-refractivity contribution in [1.82, 2.24) is 9.97 Å². The summed E-state index contributed by atoms with van der Waals surface area (Å²) >= 11 is 0. The molecular weight excluding hydrogens is 214 g/mol. The highest BCUT2D eigenvalue weighted by Crippen LogP contribution is 2.15. The zero-order valence-corrected chi connectivity index (χ0v) is 9.25. The summed E-state index contributed by atoms with van der Waals surface area (Å²) in [4.78, 5) is 6.19. The standard InChI is InChI=1S/C9H11N3O2S/c1-7(2)15(13,14)9(4-10)3-8-5-11-6-12-8/h3,5-7H,1-2H3,(H,11,12)/b9-3+.